The molecule has 76 valence electrons. The number of carbonyl (C=O) groups excluding carboxylic acids is 1. The van der Waals surface area contributed by atoms with E-state index in [4.69, 9.17) is 0 Å². The van der Waals surface area contributed by atoms with E-state index in [1.54, 1.807) is 0 Å². The van der Waals surface area contributed by atoms with Gasteiger partial charge in [-0.1, -0.05) is 13.8 Å². The average Bonchev–Trinajstić information content (AvgIpc) is 2.35. The first kappa shape index (κ1) is 10.5. The molecule has 0 aliphatic carbocycles. The summed E-state index contributed by atoms with van der Waals surface area (Å²) in [5, 5.41) is 3.38. The highest BCUT2D eigenvalue weighted by Gasteiger charge is 2.26. The summed E-state index contributed by atoms with van der Waals surface area (Å²) in [6.45, 7) is 6.37. The van der Waals surface area contributed by atoms with Crippen molar-refractivity contribution in [2.24, 2.45) is 5.92 Å². The van der Waals surface area contributed by atoms with Crippen molar-refractivity contribution in [3.05, 3.63) is 0 Å². The van der Waals surface area contributed by atoms with Gasteiger partial charge in [-0.05, 0) is 18.9 Å². The molecule has 1 rings (SSSR count). The number of likely N-dealkylation sites (tertiary alicyclic amines) is 1. The molecule has 13 heavy (non-hydrogen) atoms. The Balaban J connectivity index is 2.19. The Kier molecular flexibility index (Phi) is 3.72. The minimum Gasteiger partial charge on any atom is -0.341 e. The predicted molar refractivity (Wildman–Crippen MR) is 53.5 cm³/mol. The fraction of sp³-hybridized carbons (Fsp3) is 0.900. The van der Waals surface area contributed by atoms with E-state index in [2.05, 4.69) is 19.2 Å². The zero-order valence-corrected chi connectivity index (χ0v) is 8.84. The summed E-state index contributed by atoms with van der Waals surface area (Å²) in [7, 11) is 1.90. The maximum Gasteiger partial charge on any atom is 0.222 e. The van der Waals surface area contributed by atoms with Crippen molar-refractivity contribution in [2.75, 3.05) is 20.1 Å². The Hall–Kier alpha value is -0.570. The molecule has 0 aromatic carbocycles. The van der Waals surface area contributed by atoms with Crippen molar-refractivity contribution in [1.82, 2.24) is 10.2 Å². The van der Waals surface area contributed by atoms with Gasteiger partial charge in [-0.25, -0.2) is 0 Å². The number of likely N-dealkylation sites (N-methyl/N-ethyl adjacent to an activating group) is 1. The number of nitrogens with zero attached hydrogens (tertiary/aromatic N) is 1. The van der Waals surface area contributed by atoms with E-state index in [9.17, 15) is 4.79 Å². The van der Waals surface area contributed by atoms with E-state index >= 15 is 0 Å². The van der Waals surface area contributed by atoms with Crippen LogP contribution in [0.4, 0.5) is 0 Å². The van der Waals surface area contributed by atoms with E-state index in [0.717, 1.165) is 25.9 Å². The third-order valence-electron chi connectivity index (χ3n) is 2.57. The lowest BCUT2D eigenvalue weighted by atomic mass is 10.2. The summed E-state index contributed by atoms with van der Waals surface area (Å²) in [6.07, 6.45) is 1.74. The standard InChI is InChI=1S/C10H20N2O/c1-8(2)6-11-7-9-4-5-10(13)12(9)3/h8-9,11H,4-7H2,1-3H3. The molecule has 3 nitrogen and oxygen atoms in total. The fourth-order valence-corrected chi connectivity index (χ4v) is 1.64. The molecule has 1 aliphatic rings. The highest BCUT2D eigenvalue weighted by molar-refractivity contribution is 5.78. The van der Waals surface area contributed by atoms with Crippen LogP contribution in [0.3, 0.4) is 0 Å². The van der Waals surface area contributed by atoms with Crippen LogP contribution in [0.2, 0.25) is 0 Å². The molecule has 1 saturated heterocycles. The maximum atomic E-state index is 11.2. The van der Waals surface area contributed by atoms with Crippen LogP contribution in [0.25, 0.3) is 0 Å². The largest absolute Gasteiger partial charge is 0.341 e. The van der Waals surface area contributed by atoms with Crippen LogP contribution in [0.5, 0.6) is 0 Å². The number of amides is 1. The molecular weight excluding hydrogens is 164 g/mol. The molecule has 0 aromatic heterocycles. The van der Waals surface area contributed by atoms with Gasteiger partial charge in [0.25, 0.3) is 0 Å². The van der Waals surface area contributed by atoms with E-state index in [-0.39, 0.29) is 5.91 Å². The monoisotopic (exact) mass is 184 g/mol. The normalized spacial score (nSPS) is 23.2. The van der Waals surface area contributed by atoms with Gasteiger partial charge in [0.05, 0.1) is 0 Å². The third-order valence-corrected chi connectivity index (χ3v) is 2.57. The number of nitrogens with one attached hydrogen (secondary N) is 1. The van der Waals surface area contributed by atoms with Crippen LogP contribution in [0.1, 0.15) is 26.7 Å². The molecule has 1 aliphatic heterocycles. The predicted octanol–water partition coefficient (Wildman–Crippen LogP) is 0.853. The maximum absolute atomic E-state index is 11.2. The van der Waals surface area contributed by atoms with Gasteiger partial charge in [0.2, 0.25) is 5.91 Å². The van der Waals surface area contributed by atoms with Crippen LogP contribution in [0.15, 0.2) is 0 Å². The number of hydrogen-bond acceptors (Lipinski definition) is 2. The zero-order chi connectivity index (χ0) is 9.84. The van der Waals surface area contributed by atoms with Crippen molar-refractivity contribution in [3.63, 3.8) is 0 Å². The summed E-state index contributed by atoms with van der Waals surface area (Å²) >= 11 is 0. The van der Waals surface area contributed by atoms with Gasteiger partial charge in [-0.15, -0.1) is 0 Å². The second kappa shape index (κ2) is 4.61. The van der Waals surface area contributed by atoms with Gasteiger partial charge in [-0.2, -0.15) is 0 Å². The molecule has 0 bridgehead atoms. The van der Waals surface area contributed by atoms with Crippen molar-refractivity contribution < 1.29 is 4.79 Å². The third kappa shape index (κ3) is 2.99. The number of rotatable bonds is 4. The van der Waals surface area contributed by atoms with Gasteiger partial charge < -0.3 is 10.2 Å². The van der Waals surface area contributed by atoms with Crippen LogP contribution in [-0.2, 0) is 4.79 Å². The second-order valence-corrected chi connectivity index (χ2v) is 4.25. The van der Waals surface area contributed by atoms with E-state index in [1.807, 2.05) is 11.9 Å². The molecule has 1 unspecified atom stereocenters. The molecule has 1 atom stereocenters. The molecule has 0 saturated carbocycles. The number of hydrogen-bond donors (Lipinski definition) is 1. The van der Waals surface area contributed by atoms with Crippen LogP contribution < -0.4 is 5.32 Å². The Morgan fingerprint density at radius 1 is 1.62 bits per heavy atom. The molecule has 1 N–H and O–H groups in total. The average molecular weight is 184 g/mol. The first-order chi connectivity index (χ1) is 6.11. The highest BCUT2D eigenvalue weighted by Crippen LogP contribution is 2.15. The SMILES string of the molecule is CC(C)CNCC1CCC(=O)N1C. The van der Waals surface area contributed by atoms with Crippen molar-refractivity contribution in [3.8, 4) is 0 Å². The molecule has 0 spiro atoms. The van der Waals surface area contributed by atoms with Crippen molar-refractivity contribution in [2.45, 2.75) is 32.7 Å². The lowest BCUT2D eigenvalue weighted by Gasteiger charge is -2.20. The fourth-order valence-electron chi connectivity index (χ4n) is 1.64. The van der Waals surface area contributed by atoms with Crippen LogP contribution in [-0.4, -0.2) is 37.0 Å². The van der Waals surface area contributed by atoms with E-state index in [1.165, 1.54) is 0 Å². The van der Waals surface area contributed by atoms with E-state index in [0.29, 0.717) is 12.0 Å². The Labute approximate surface area is 80.5 Å². The summed E-state index contributed by atoms with van der Waals surface area (Å²) in [5.74, 6) is 0.971. The van der Waals surface area contributed by atoms with Gasteiger partial charge in [0, 0.05) is 26.1 Å². The van der Waals surface area contributed by atoms with Crippen LogP contribution >= 0.6 is 0 Å². The van der Waals surface area contributed by atoms with Crippen LogP contribution in [0, 0.1) is 5.92 Å². The molecular formula is C10H20N2O. The summed E-state index contributed by atoms with van der Waals surface area (Å²) in [6, 6.07) is 0.422. The summed E-state index contributed by atoms with van der Waals surface area (Å²) in [4.78, 5) is 13.0. The smallest absolute Gasteiger partial charge is 0.222 e. The molecule has 3 heteroatoms. The Morgan fingerprint density at radius 2 is 2.31 bits per heavy atom. The summed E-state index contributed by atoms with van der Waals surface area (Å²) < 4.78 is 0. The van der Waals surface area contributed by atoms with Gasteiger partial charge >= 0.3 is 0 Å². The lowest BCUT2D eigenvalue weighted by Crippen LogP contribution is -2.38. The zero-order valence-electron chi connectivity index (χ0n) is 8.84. The van der Waals surface area contributed by atoms with Gasteiger partial charge in [-0.3, -0.25) is 4.79 Å². The van der Waals surface area contributed by atoms with Gasteiger partial charge in [0.1, 0.15) is 0 Å². The van der Waals surface area contributed by atoms with Crippen molar-refractivity contribution >= 4 is 5.91 Å². The van der Waals surface area contributed by atoms with E-state index < -0.39 is 0 Å². The topological polar surface area (TPSA) is 32.3 Å². The second-order valence-electron chi connectivity index (χ2n) is 4.25. The Morgan fingerprint density at radius 3 is 2.77 bits per heavy atom. The molecule has 0 radical (unpaired) electrons. The molecule has 1 fully saturated rings. The lowest BCUT2D eigenvalue weighted by molar-refractivity contribution is -0.127. The molecule has 0 aromatic rings. The quantitative estimate of drug-likeness (QED) is 0.702. The van der Waals surface area contributed by atoms with Gasteiger partial charge in [0.15, 0.2) is 0 Å². The molecule has 1 amide bonds. The summed E-state index contributed by atoms with van der Waals surface area (Å²) in [5.41, 5.74) is 0. The van der Waals surface area contributed by atoms with Crippen molar-refractivity contribution in [1.29, 1.82) is 0 Å². The highest BCUT2D eigenvalue weighted by atomic mass is 16.2. The molecule has 1 heterocycles. The number of carbonyl (C=O) groups is 1. The first-order valence-electron chi connectivity index (χ1n) is 5.07. The first-order valence-corrected chi connectivity index (χ1v) is 5.07. The Bertz CT molecular complexity index is 180. The minimum absolute atomic E-state index is 0.288. The minimum atomic E-state index is 0.288.